The Balaban J connectivity index is 1.77. The van der Waals surface area contributed by atoms with E-state index < -0.39 is 0 Å². The van der Waals surface area contributed by atoms with Crippen LogP contribution >= 0.6 is 0 Å². The number of hydrogen-bond donors (Lipinski definition) is 2. The molecule has 2 aromatic rings. The van der Waals surface area contributed by atoms with Gasteiger partial charge in [0.05, 0.1) is 12.8 Å². The molecule has 4 heteroatoms. The molecule has 0 unspecified atom stereocenters. The Hall–Kier alpha value is -2.62. The average molecular weight is 367 g/mol. The molecular formula is C23H30N2O2. The fourth-order valence-electron chi connectivity index (χ4n) is 2.83. The Bertz CT molecular complexity index is 731. The smallest absolute Gasteiger partial charge is 0.224 e. The molecule has 0 aromatic heterocycles. The van der Waals surface area contributed by atoms with Crippen molar-refractivity contribution < 1.29 is 9.59 Å². The summed E-state index contributed by atoms with van der Waals surface area (Å²) in [6.45, 7) is 9.13. The van der Waals surface area contributed by atoms with Gasteiger partial charge in [0.25, 0.3) is 0 Å². The molecule has 0 heterocycles. The lowest BCUT2D eigenvalue weighted by Crippen LogP contribution is -2.42. The zero-order valence-electron chi connectivity index (χ0n) is 16.8. The Morgan fingerprint density at radius 2 is 1.11 bits per heavy atom. The van der Waals surface area contributed by atoms with Crippen LogP contribution < -0.4 is 10.6 Å². The van der Waals surface area contributed by atoms with E-state index in [9.17, 15) is 9.59 Å². The van der Waals surface area contributed by atoms with Gasteiger partial charge in [0, 0.05) is 13.1 Å². The lowest BCUT2D eigenvalue weighted by molar-refractivity contribution is -0.120. The lowest BCUT2D eigenvalue weighted by Gasteiger charge is -2.25. The lowest BCUT2D eigenvalue weighted by atomic mass is 9.93. The molecular weight excluding hydrogens is 336 g/mol. The standard InChI is InChI=1S/C23H30N2O2/c1-17-9-5-7-11-19(17)13-21(26)24-15-23(3,4)16-25-22(27)14-20-12-8-6-10-18(20)2/h5-12H,13-16H2,1-4H3,(H,24,26)(H,25,27). The van der Waals surface area contributed by atoms with Crippen LogP contribution in [0.4, 0.5) is 0 Å². The predicted octanol–water partition coefficient (Wildman–Crippen LogP) is 3.35. The highest BCUT2D eigenvalue weighted by Crippen LogP contribution is 2.13. The van der Waals surface area contributed by atoms with Crippen LogP contribution in [-0.4, -0.2) is 24.9 Å². The quantitative estimate of drug-likeness (QED) is 0.753. The normalized spacial score (nSPS) is 11.1. The SMILES string of the molecule is Cc1ccccc1CC(=O)NCC(C)(C)CNC(=O)Cc1ccccc1C. The summed E-state index contributed by atoms with van der Waals surface area (Å²) in [6, 6.07) is 15.8. The van der Waals surface area contributed by atoms with Crippen LogP contribution in [0.2, 0.25) is 0 Å². The molecule has 27 heavy (non-hydrogen) atoms. The van der Waals surface area contributed by atoms with Crippen LogP contribution in [0.3, 0.4) is 0 Å². The van der Waals surface area contributed by atoms with E-state index in [1.807, 2.05) is 76.2 Å². The second kappa shape index (κ2) is 9.36. The molecule has 0 fully saturated rings. The van der Waals surface area contributed by atoms with Gasteiger partial charge in [-0.25, -0.2) is 0 Å². The van der Waals surface area contributed by atoms with Crippen molar-refractivity contribution in [1.82, 2.24) is 10.6 Å². The molecule has 144 valence electrons. The molecule has 2 N–H and O–H groups in total. The fraction of sp³-hybridized carbons (Fsp3) is 0.391. The van der Waals surface area contributed by atoms with Crippen LogP contribution in [0, 0.1) is 19.3 Å². The minimum atomic E-state index is -0.219. The van der Waals surface area contributed by atoms with Gasteiger partial charge in [-0.05, 0) is 41.5 Å². The van der Waals surface area contributed by atoms with Gasteiger partial charge >= 0.3 is 0 Å². The molecule has 0 saturated carbocycles. The van der Waals surface area contributed by atoms with Crippen molar-refractivity contribution in [3.05, 3.63) is 70.8 Å². The maximum atomic E-state index is 12.2. The van der Waals surface area contributed by atoms with E-state index in [0.29, 0.717) is 25.9 Å². The first-order valence-corrected chi connectivity index (χ1v) is 9.39. The van der Waals surface area contributed by atoms with Gasteiger partial charge in [-0.15, -0.1) is 0 Å². The summed E-state index contributed by atoms with van der Waals surface area (Å²) in [5.74, 6) is 0.00669. The summed E-state index contributed by atoms with van der Waals surface area (Å²) < 4.78 is 0. The zero-order chi connectivity index (χ0) is 19.9. The number of amides is 2. The first-order chi connectivity index (χ1) is 12.8. The van der Waals surface area contributed by atoms with Crippen molar-refractivity contribution in [3.8, 4) is 0 Å². The van der Waals surface area contributed by atoms with Crippen LogP contribution in [0.15, 0.2) is 48.5 Å². The number of benzene rings is 2. The van der Waals surface area contributed by atoms with Gasteiger partial charge in [0.1, 0.15) is 0 Å². The second-order valence-corrected chi connectivity index (χ2v) is 7.92. The highest BCUT2D eigenvalue weighted by Gasteiger charge is 2.20. The first-order valence-electron chi connectivity index (χ1n) is 9.39. The maximum Gasteiger partial charge on any atom is 0.224 e. The molecule has 2 amide bonds. The van der Waals surface area contributed by atoms with E-state index in [4.69, 9.17) is 0 Å². The Morgan fingerprint density at radius 3 is 1.48 bits per heavy atom. The molecule has 0 saturated heterocycles. The van der Waals surface area contributed by atoms with Gasteiger partial charge in [-0.3, -0.25) is 9.59 Å². The van der Waals surface area contributed by atoms with Gasteiger partial charge in [0.2, 0.25) is 11.8 Å². The monoisotopic (exact) mass is 366 g/mol. The Kier molecular flexibility index (Phi) is 7.17. The minimum Gasteiger partial charge on any atom is -0.355 e. The highest BCUT2D eigenvalue weighted by atomic mass is 16.2. The van der Waals surface area contributed by atoms with Crippen LogP contribution in [0.1, 0.15) is 36.1 Å². The van der Waals surface area contributed by atoms with E-state index in [1.54, 1.807) is 0 Å². The molecule has 0 bridgehead atoms. The number of carbonyl (C=O) groups is 2. The zero-order valence-corrected chi connectivity index (χ0v) is 16.8. The van der Waals surface area contributed by atoms with Crippen molar-refractivity contribution in [1.29, 1.82) is 0 Å². The number of carbonyl (C=O) groups excluding carboxylic acids is 2. The topological polar surface area (TPSA) is 58.2 Å². The van der Waals surface area contributed by atoms with E-state index in [-0.39, 0.29) is 17.2 Å². The molecule has 4 nitrogen and oxygen atoms in total. The molecule has 0 spiro atoms. The van der Waals surface area contributed by atoms with E-state index in [1.165, 1.54) is 0 Å². The summed E-state index contributed by atoms with van der Waals surface area (Å²) in [7, 11) is 0. The van der Waals surface area contributed by atoms with Crippen molar-refractivity contribution in [2.24, 2.45) is 5.41 Å². The van der Waals surface area contributed by atoms with E-state index >= 15 is 0 Å². The van der Waals surface area contributed by atoms with Crippen LogP contribution in [-0.2, 0) is 22.4 Å². The van der Waals surface area contributed by atoms with Crippen molar-refractivity contribution in [2.45, 2.75) is 40.5 Å². The third-order valence-corrected chi connectivity index (χ3v) is 4.75. The molecule has 0 aliphatic carbocycles. The van der Waals surface area contributed by atoms with Crippen molar-refractivity contribution in [2.75, 3.05) is 13.1 Å². The van der Waals surface area contributed by atoms with Gasteiger partial charge in [-0.1, -0.05) is 62.4 Å². The highest BCUT2D eigenvalue weighted by molar-refractivity contribution is 5.79. The molecule has 0 aliphatic heterocycles. The number of rotatable bonds is 8. The summed E-state index contributed by atoms with van der Waals surface area (Å²) in [5.41, 5.74) is 4.10. The Labute approximate surface area is 162 Å². The predicted molar refractivity (Wildman–Crippen MR) is 110 cm³/mol. The van der Waals surface area contributed by atoms with Gasteiger partial charge in [0.15, 0.2) is 0 Å². The summed E-state index contributed by atoms with van der Waals surface area (Å²) in [6.07, 6.45) is 0.755. The summed E-state index contributed by atoms with van der Waals surface area (Å²) >= 11 is 0. The molecule has 0 aliphatic rings. The molecule has 0 radical (unpaired) electrons. The minimum absolute atomic E-state index is 0.00334. The Morgan fingerprint density at radius 1 is 0.741 bits per heavy atom. The molecule has 2 aromatic carbocycles. The second-order valence-electron chi connectivity index (χ2n) is 7.92. The molecule has 0 atom stereocenters. The van der Waals surface area contributed by atoms with Crippen LogP contribution in [0.5, 0.6) is 0 Å². The first kappa shape index (κ1) is 20.7. The third-order valence-electron chi connectivity index (χ3n) is 4.75. The van der Waals surface area contributed by atoms with Crippen molar-refractivity contribution >= 4 is 11.8 Å². The summed E-state index contributed by atoms with van der Waals surface area (Å²) in [4.78, 5) is 24.5. The van der Waals surface area contributed by atoms with E-state index in [2.05, 4.69) is 10.6 Å². The third kappa shape index (κ3) is 6.89. The van der Waals surface area contributed by atoms with E-state index in [0.717, 1.165) is 22.3 Å². The maximum absolute atomic E-state index is 12.2. The fourth-order valence-corrected chi connectivity index (χ4v) is 2.83. The number of hydrogen-bond acceptors (Lipinski definition) is 2. The number of aryl methyl sites for hydroxylation is 2. The van der Waals surface area contributed by atoms with Gasteiger partial charge < -0.3 is 10.6 Å². The largest absolute Gasteiger partial charge is 0.355 e. The van der Waals surface area contributed by atoms with Crippen molar-refractivity contribution in [3.63, 3.8) is 0 Å². The average Bonchev–Trinajstić information content (AvgIpc) is 2.62. The summed E-state index contributed by atoms with van der Waals surface area (Å²) in [5, 5.41) is 5.98. The molecule has 2 rings (SSSR count). The number of nitrogens with one attached hydrogen (secondary N) is 2. The van der Waals surface area contributed by atoms with Crippen LogP contribution in [0.25, 0.3) is 0 Å². The van der Waals surface area contributed by atoms with Gasteiger partial charge in [-0.2, -0.15) is 0 Å².